The van der Waals surface area contributed by atoms with Crippen molar-refractivity contribution in [2.45, 2.75) is 37.8 Å². The van der Waals surface area contributed by atoms with Gasteiger partial charge in [-0.1, -0.05) is 96.1 Å². The molecule has 1 atom stereocenters. The van der Waals surface area contributed by atoms with Crippen molar-refractivity contribution in [2.75, 3.05) is 17.9 Å². The molecular formula is C39H39N3O5S. The molecule has 0 bridgehead atoms. The van der Waals surface area contributed by atoms with Crippen LogP contribution < -0.4 is 14.4 Å². The van der Waals surface area contributed by atoms with Crippen LogP contribution in [0.3, 0.4) is 0 Å². The number of ether oxygens (including phenoxy) is 1. The average Bonchev–Trinajstić information content (AvgIpc) is 3.10. The second-order valence-electron chi connectivity index (χ2n) is 11.6. The van der Waals surface area contributed by atoms with E-state index in [1.807, 2.05) is 98.8 Å². The van der Waals surface area contributed by atoms with E-state index >= 15 is 0 Å². The molecule has 0 saturated carbocycles. The zero-order valence-corrected chi connectivity index (χ0v) is 28.1. The van der Waals surface area contributed by atoms with Gasteiger partial charge in [0.05, 0.1) is 10.6 Å². The molecule has 246 valence electrons. The number of rotatable bonds is 13. The van der Waals surface area contributed by atoms with E-state index in [1.54, 1.807) is 36.4 Å². The number of hydrogen-bond acceptors (Lipinski definition) is 5. The molecule has 5 aromatic carbocycles. The van der Waals surface area contributed by atoms with Gasteiger partial charge in [-0.2, -0.15) is 0 Å². The Morgan fingerprint density at radius 1 is 0.708 bits per heavy atom. The van der Waals surface area contributed by atoms with E-state index in [0.717, 1.165) is 26.6 Å². The lowest BCUT2D eigenvalue weighted by Gasteiger charge is -2.33. The third-order valence-electron chi connectivity index (χ3n) is 7.94. The lowest BCUT2D eigenvalue weighted by Crippen LogP contribution is -2.53. The van der Waals surface area contributed by atoms with Gasteiger partial charge < -0.3 is 15.0 Å². The van der Waals surface area contributed by atoms with Gasteiger partial charge in [-0.25, -0.2) is 8.42 Å². The summed E-state index contributed by atoms with van der Waals surface area (Å²) in [5, 5.41) is 2.71. The summed E-state index contributed by atoms with van der Waals surface area (Å²) in [7, 11) is -2.69. The number of nitrogens with one attached hydrogen (secondary N) is 1. The minimum absolute atomic E-state index is 0.0443. The summed E-state index contributed by atoms with van der Waals surface area (Å²) in [5.74, 6) is 0.263. The van der Waals surface area contributed by atoms with E-state index in [1.165, 1.54) is 24.1 Å². The topological polar surface area (TPSA) is 96.0 Å². The maximum atomic E-state index is 14.5. The SMILES string of the molecule is CNC(=O)C(Cc1ccccc1)N(Cc1cccc(C)c1)C(=O)CN(c1ccc(Oc2ccccc2)cc1)S(=O)(=O)c1ccc(C)cc1. The highest BCUT2D eigenvalue weighted by Crippen LogP contribution is 2.29. The highest BCUT2D eigenvalue weighted by Gasteiger charge is 2.34. The molecule has 0 aromatic heterocycles. The van der Waals surface area contributed by atoms with Crippen LogP contribution in [0.15, 0.2) is 138 Å². The molecule has 5 aromatic rings. The third kappa shape index (κ3) is 8.49. The Morgan fingerprint density at radius 3 is 1.94 bits per heavy atom. The van der Waals surface area contributed by atoms with Gasteiger partial charge in [0.1, 0.15) is 24.1 Å². The number of amides is 2. The van der Waals surface area contributed by atoms with Gasteiger partial charge in [0.25, 0.3) is 10.0 Å². The minimum atomic E-state index is -4.22. The first kappa shape index (κ1) is 33.9. The minimum Gasteiger partial charge on any atom is -0.457 e. The van der Waals surface area contributed by atoms with Gasteiger partial charge in [-0.05, 0) is 73.5 Å². The summed E-state index contributed by atoms with van der Waals surface area (Å²) in [6, 6.07) is 38.5. The number of aryl methyl sites for hydroxylation is 2. The van der Waals surface area contributed by atoms with Crippen LogP contribution in [-0.4, -0.2) is 44.8 Å². The average molecular weight is 662 g/mol. The first-order valence-electron chi connectivity index (χ1n) is 15.7. The normalized spacial score (nSPS) is 11.7. The van der Waals surface area contributed by atoms with E-state index < -0.39 is 28.5 Å². The summed E-state index contributed by atoms with van der Waals surface area (Å²) in [5.41, 5.74) is 3.87. The third-order valence-corrected chi connectivity index (χ3v) is 9.73. The van der Waals surface area contributed by atoms with E-state index in [0.29, 0.717) is 11.5 Å². The quantitative estimate of drug-likeness (QED) is 0.152. The molecule has 0 radical (unpaired) electrons. The lowest BCUT2D eigenvalue weighted by atomic mass is 10.0. The first-order valence-corrected chi connectivity index (χ1v) is 17.1. The Morgan fingerprint density at radius 2 is 1.31 bits per heavy atom. The molecule has 0 fully saturated rings. The fourth-order valence-electron chi connectivity index (χ4n) is 5.40. The van der Waals surface area contributed by atoms with E-state index in [9.17, 15) is 18.0 Å². The number of sulfonamides is 1. The van der Waals surface area contributed by atoms with Crippen LogP contribution in [0.2, 0.25) is 0 Å². The number of likely N-dealkylation sites (N-methyl/N-ethyl adjacent to an activating group) is 1. The molecule has 9 heteroatoms. The second-order valence-corrected chi connectivity index (χ2v) is 13.4. The number of anilines is 1. The number of para-hydroxylation sites is 1. The molecular weight excluding hydrogens is 623 g/mol. The van der Waals surface area contributed by atoms with Crippen LogP contribution >= 0.6 is 0 Å². The van der Waals surface area contributed by atoms with Crippen LogP contribution in [0.5, 0.6) is 11.5 Å². The fraction of sp³-hybridized carbons (Fsp3) is 0.179. The van der Waals surface area contributed by atoms with Crippen molar-refractivity contribution in [3.8, 4) is 11.5 Å². The largest absolute Gasteiger partial charge is 0.457 e. The summed E-state index contributed by atoms with van der Waals surface area (Å²) in [6.07, 6.45) is 0.244. The monoisotopic (exact) mass is 661 g/mol. The van der Waals surface area contributed by atoms with Crippen LogP contribution in [0, 0.1) is 13.8 Å². The Labute approximate surface area is 282 Å². The molecule has 0 aliphatic heterocycles. The van der Waals surface area contributed by atoms with Gasteiger partial charge in [0.2, 0.25) is 11.8 Å². The summed E-state index contributed by atoms with van der Waals surface area (Å²) >= 11 is 0. The fourth-order valence-corrected chi connectivity index (χ4v) is 6.81. The maximum Gasteiger partial charge on any atom is 0.264 e. The molecule has 0 saturated heterocycles. The van der Waals surface area contributed by atoms with Crippen molar-refractivity contribution in [2.24, 2.45) is 0 Å². The molecule has 0 aliphatic carbocycles. The number of hydrogen-bond donors (Lipinski definition) is 1. The van der Waals surface area contributed by atoms with Gasteiger partial charge in [0, 0.05) is 20.0 Å². The van der Waals surface area contributed by atoms with Gasteiger partial charge in [-0.15, -0.1) is 0 Å². The predicted molar refractivity (Wildman–Crippen MR) is 188 cm³/mol. The number of carbonyl (C=O) groups is 2. The van der Waals surface area contributed by atoms with Gasteiger partial charge in [-0.3, -0.25) is 13.9 Å². The van der Waals surface area contributed by atoms with E-state index in [-0.39, 0.29) is 29.5 Å². The highest BCUT2D eigenvalue weighted by atomic mass is 32.2. The first-order chi connectivity index (χ1) is 23.1. The molecule has 2 amide bonds. The Kier molecular flexibility index (Phi) is 10.9. The summed E-state index contributed by atoms with van der Waals surface area (Å²) in [4.78, 5) is 29.5. The smallest absolute Gasteiger partial charge is 0.264 e. The number of nitrogens with zero attached hydrogens (tertiary/aromatic N) is 2. The molecule has 0 aliphatic rings. The molecule has 48 heavy (non-hydrogen) atoms. The highest BCUT2D eigenvalue weighted by molar-refractivity contribution is 7.92. The second kappa shape index (κ2) is 15.5. The predicted octanol–water partition coefficient (Wildman–Crippen LogP) is 6.68. The number of carbonyl (C=O) groups excluding carboxylic acids is 2. The van der Waals surface area contributed by atoms with Crippen molar-refractivity contribution in [1.29, 1.82) is 0 Å². The van der Waals surface area contributed by atoms with Crippen LogP contribution in [0.1, 0.15) is 22.3 Å². The molecule has 1 N–H and O–H groups in total. The summed E-state index contributed by atoms with van der Waals surface area (Å²) < 4.78 is 35.6. The molecule has 8 nitrogen and oxygen atoms in total. The van der Waals surface area contributed by atoms with Crippen molar-refractivity contribution in [3.05, 3.63) is 156 Å². The van der Waals surface area contributed by atoms with Crippen LogP contribution in [0.4, 0.5) is 5.69 Å². The molecule has 0 heterocycles. The zero-order valence-electron chi connectivity index (χ0n) is 27.2. The van der Waals surface area contributed by atoms with E-state index in [4.69, 9.17) is 4.74 Å². The van der Waals surface area contributed by atoms with Gasteiger partial charge in [0.15, 0.2) is 0 Å². The standard InChI is InChI=1S/C39H39N3O5S/c1-29-17-23-36(24-18-29)48(45,46)42(33-19-21-35(22-20-33)47-34-15-8-5-9-16-34)28-38(43)41(27-32-14-10-11-30(2)25-32)37(39(44)40-3)26-31-12-6-4-7-13-31/h4-25,37H,26-28H2,1-3H3,(H,40,44). The maximum absolute atomic E-state index is 14.5. The summed E-state index contributed by atoms with van der Waals surface area (Å²) in [6.45, 7) is 3.39. The Balaban J connectivity index is 1.54. The molecule has 5 rings (SSSR count). The van der Waals surface area contributed by atoms with Crippen LogP contribution in [-0.2, 0) is 32.6 Å². The van der Waals surface area contributed by atoms with Crippen LogP contribution in [0.25, 0.3) is 0 Å². The zero-order chi connectivity index (χ0) is 34.1. The van der Waals surface area contributed by atoms with Crippen molar-refractivity contribution < 1.29 is 22.7 Å². The molecule has 1 unspecified atom stereocenters. The van der Waals surface area contributed by atoms with Crippen molar-refractivity contribution in [1.82, 2.24) is 10.2 Å². The van der Waals surface area contributed by atoms with Crippen molar-refractivity contribution in [3.63, 3.8) is 0 Å². The Hall–Kier alpha value is -5.41. The van der Waals surface area contributed by atoms with Gasteiger partial charge >= 0.3 is 0 Å². The number of benzene rings is 5. The Bertz CT molecular complexity index is 1930. The van der Waals surface area contributed by atoms with Crippen molar-refractivity contribution >= 4 is 27.5 Å². The molecule has 0 spiro atoms. The lowest BCUT2D eigenvalue weighted by molar-refractivity contribution is -0.139. The van der Waals surface area contributed by atoms with E-state index in [2.05, 4.69) is 5.32 Å².